The number of aliphatic hydroxyl groups excluding tert-OH is 1. The van der Waals surface area contributed by atoms with Crippen LogP contribution in [0.25, 0.3) is 0 Å². The molecule has 1 rings (SSSR count). The third-order valence-corrected chi connectivity index (χ3v) is 1.46. The number of hydrogen-bond donors (Lipinski definition) is 3. The molecule has 3 heteroatoms. The fraction of sp³-hybridized carbons (Fsp3) is 0.667. The van der Waals surface area contributed by atoms with Crippen LogP contribution in [0.3, 0.4) is 0 Å². The first-order valence-corrected chi connectivity index (χ1v) is 3.10. The van der Waals surface area contributed by atoms with E-state index in [0.717, 1.165) is 24.5 Å². The van der Waals surface area contributed by atoms with Gasteiger partial charge in [0.1, 0.15) is 0 Å². The lowest BCUT2D eigenvalue weighted by atomic mass is 10.3. The molecule has 0 fully saturated rings. The Kier molecular flexibility index (Phi) is 1.55. The van der Waals surface area contributed by atoms with E-state index in [-0.39, 0.29) is 0 Å². The van der Waals surface area contributed by atoms with Crippen LogP contribution in [0.2, 0.25) is 0 Å². The van der Waals surface area contributed by atoms with Crippen LogP contribution in [0.15, 0.2) is 11.4 Å². The molecule has 1 aliphatic rings. The molecule has 1 heterocycles. The second-order valence-corrected chi connectivity index (χ2v) is 2.09. The molecule has 52 valence electrons. The van der Waals surface area contributed by atoms with E-state index >= 15 is 0 Å². The largest absolute Gasteiger partial charge is 0.396 e. The van der Waals surface area contributed by atoms with Gasteiger partial charge in [-0.05, 0) is 6.92 Å². The summed E-state index contributed by atoms with van der Waals surface area (Å²) in [5.74, 6) is 0. The molecule has 0 bridgehead atoms. The van der Waals surface area contributed by atoms with Gasteiger partial charge >= 0.3 is 0 Å². The van der Waals surface area contributed by atoms with Crippen LogP contribution in [0.1, 0.15) is 13.3 Å². The van der Waals surface area contributed by atoms with E-state index in [1.54, 1.807) is 0 Å². The van der Waals surface area contributed by atoms with Gasteiger partial charge in [0, 0.05) is 24.4 Å². The summed E-state index contributed by atoms with van der Waals surface area (Å²) in [4.78, 5) is 0. The monoisotopic (exact) mass is 130 g/mol. The van der Waals surface area contributed by atoms with Gasteiger partial charge in [-0.3, -0.25) is 0 Å². The van der Waals surface area contributed by atoms with E-state index in [1.807, 2.05) is 6.92 Å². The Hall–Kier alpha value is -0.700. The topological polar surface area (TPSA) is 44.3 Å². The van der Waals surface area contributed by atoms with Crippen molar-refractivity contribution in [2.24, 2.45) is 0 Å². The lowest BCUT2D eigenvalue weighted by molar-refractivity contribution is 0.297. The van der Waals surface area contributed by atoms with E-state index in [1.165, 1.54) is 0 Å². The Labute approximate surface area is 56.3 Å². The zero-order valence-corrected chi connectivity index (χ0v) is 5.53. The predicted octanol–water partition coefficient (Wildman–Crippen LogP) is -0.249. The third-order valence-electron chi connectivity index (χ3n) is 1.46. The van der Waals surface area contributed by atoms with Crippen LogP contribution >= 0.6 is 0 Å². The van der Waals surface area contributed by atoms with E-state index in [2.05, 4.69) is 15.7 Å². The fourth-order valence-electron chi connectivity index (χ4n) is 0.901. The number of nitrogens with one attached hydrogen (secondary N) is 2. The highest BCUT2D eigenvalue weighted by Gasteiger charge is 2.06. The standard InChI is InChI=1S/C6H12N2O/c1-5-6(2-3-9)8-4-7-5/h7-9H,2-4H2,1H3/i9T. The molecule has 0 spiro atoms. The van der Waals surface area contributed by atoms with Crippen molar-refractivity contribution in [3.63, 3.8) is 0 Å². The number of hydrogen-bond acceptors (Lipinski definition) is 3. The quantitative estimate of drug-likeness (QED) is 0.493. The minimum atomic E-state index is 0.460. The van der Waals surface area contributed by atoms with Crippen molar-refractivity contribution in [1.82, 2.24) is 10.6 Å². The molecule has 0 amide bonds. The number of allylic oxidation sites excluding steroid dienone is 1. The van der Waals surface area contributed by atoms with E-state index in [0.29, 0.717) is 6.61 Å². The van der Waals surface area contributed by atoms with Gasteiger partial charge in [-0.25, -0.2) is 0 Å². The van der Waals surface area contributed by atoms with Crippen LogP contribution in [0.5, 0.6) is 0 Å². The molecule has 1 aliphatic heterocycles. The van der Waals surface area contributed by atoms with E-state index in [9.17, 15) is 0 Å². The molecule has 0 radical (unpaired) electrons. The van der Waals surface area contributed by atoms with Crippen molar-refractivity contribution in [1.29, 1.82) is 1.43 Å². The molecule has 0 aromatic heterocycles. The van der Waals surface area contributed by atoms with Crippen LogP contribution in [0.4, 0.5) is 0 Å². The predicted molar refractivity (Wildman–Crippen MR) is 35.5 cm³/mol. The molecule has 0 atom stereocenters. The van der Waals surface area contributed by atoms with Crippen LogP contribution in [0, 0.1) is 0 Å². The molecule has 9 heavy (non-hydrogen) atoms. The zero-order chi connectivity index (χ0) is 7.40. The Morgan fingerprint density at radius 1 is 1.78 bits per heavy atom. The highest BCUT2D eigenvalue weighted by molar-refractivity contribution is 5.12. The minimum Gasteiger partial charge on any atom is -0.396 e. The smallest absolute Gasteiger partial charge is 0.210 e. The summed E-state index contributed by atoms with van der Waals surface area (Å²) >= 11 is 0. The highest BCUT2D eigenvalue weighted by atomic mass is 16.3. The van der Waals surface area contributed by atoms with E-state index in [4.69, 9.17) is 1.43 Å². The number of aliphatic hydroxyl groups is 1. The maximum Gasteiger partial charge on any atom is 0.210 e. The average molecular weight is 130 g/mol. The molecule has 0 saturated carbocycles. The lowest BCUT2D eigenvalue weighted by Gasteiger charge is -1.98. The minimum absolute atomic E-state index is 0.460. The van der Waals surface area contributed by atoms with Crippen LogP contribution < -0.4 is 10.6 Å². The fourth-order valence-corrected chi connectivity index (χ4v) is 0.901. The van der Waals surface area contributed by atoms with Gasteiger partial charge in [0.25, 0.3) is 0 Å². The second-order valence-electron chi connectivity index (χ2n) is 2.09. The maximum atomic E-state index is 6.46. The van der Waals surface area contributed by atoms with Crippen molar-refractivity contribution >= 4 is 0 Å². The van der Waals surface area contributed by atoms with Gasteiger partial charge in [-0.1, -0.05) is 0 Å². The Balaban J connectivity index is 2.31. The summed E-state index contributed by atoms with van der Waals surface area (Å²) in [5, 5.41) is 10.5. The third kappa shape index (κ3) is 1.36. The molecular weight excluding hydrogens is 116 g/mol. The first kappa shape index (κ1) is 5.11. The summed E-state index contributed by atoms with van der Waals surface area (Å²) in [6.07, 6.45) is 0.794. The van der Waals surface area contributed by atoms with Crippen molar-refractivity contribution in [3.05, 3.63) is 11.4 Å². The van der Waals surface area contributed by atoms with Crippen molar-refractivity contribution < 1.29 is 5.11 Å². The summed E-state index contributed by atoms with van der Waals surface area (Å²) in [7, 11) is 0. The molecule has 0 aliphatic carbocycles. The van der Waals surface area contributed by atoms with Crippen LogP contribution in [-0.2, 0) is 0 Å². The average Bonchev–Trinajstić information content (AvgIpc) is 2.31. The van der Waals surface area contributed by atoms with Gasteiger partial charge in [0.2, 0.25) is 1.43 Å². The van der Waals surface area contributed by atoms with Crippen molar-refractivity contribution in [2.45, 2.75) is 13.3 Å². The Bertz CT molecular complexity index is 147. The Morgan fingerprint density at radius 3 is 3.22 bits per heavy atom. The Morgan fingerprint density at radius 2 is 2.67 bits per heavy atom. The first-order valence-electron chi connectivity index (χ1n) is 3.51. The van der Waals surface area contributed by atoms with E-state index < -0.39 is 0 Å². The SMILES string of the molecule is [3H]OCCC1=C(C)NCN1. The molecule has 3 nitrogen and oxygen atoms in total. The lowest BCUT2D eigenvalue weighted by Crippen LogP contribution is -2.15. The highest BCUT2D eigenvalue weighted by Crippen LogP contribution is 2.05. The molecule has 0 saturated heterocycles. The summed E-state index contributed by atoms with van der Waals surface area (Å²) in [5.41, 5.74) is 2.32. The molecule has 0 aromatic rings. The van der Waals surface area contributed by atoms with Crippen molar-refractivity contribution in [2.75, 3.05) is 13.3 Å². The summed E-state index contributed by atoms with van der Waals surface area (Å²) in [6.45, 7) is 3.28. The van der Waals surface area contributed by atoms with Crippen molar-refractivity contribution in [3.8, 4) is 0 Å². The van der Waals surface area contributed by atoms with Gasteiger partial charge in [0.15, 0.2) is 0 Å². The maximum absolute atomic E-state index is 6.46. The molecule has 0 unspecified atom stereocenters. The van der Waals surface area contributed by atoms with Gasteiger partial charge in [0.05, 0.1) is 6.67 Å². The van der Waals surface area contributed by atoms with Gasteiger partial charge in [-0.15, -0.1) is 0 Å². The summed E-state index contributed by atoms with van der Waals surface area (Å²) in [6, 6.07) is 0. The normalized spacial score (nSPS) is 19.0. The first-order chi connectivity index (χ1) is 4.84. The second kappa shape index (κ2) is 2.73. The zero-order valence-electron chi connectivity index (χ0n) is 6.53. The van der Waals surface area contributed by atoms with Gasteiger partial charge < -0.3 is 15.7 Å². The number of rotatable bonds is 3. The molecule has 3 N–H and O–H groups in total. The molecular formula is C6H12N2O. The summed E-state index contributed by atoms with van der Waals surface area (Å²) < 4.78 is 6.46. The molecule has 0 aromatic carbocycles. The van der Waals surface area contributed by atoms with Crippen LogP contribution in [-0.4, -0.2) is 19.8 Å². The van der Waals surface area contributed by atoms with Gasteiger partial charge in [-0.2, -0.15) is 0 Å².